The van der Waals surface area contributed by atoms with E-state index in [0.717, 1.165) is 0 Å². The van der Waals surface area contributed by atoms with Crippen molar-refractivity contribution in [3.8, 4) is 11.5 Å². The topological polar surface area (TPSA) is 98.8 Å². The summed E-state index contributed by atoms with van der Waals surface area (Å²) in [6, 6.07) is 17.6. The highest BCUT2D eigenvalue weighted by Crippen LogP contribution is 2.32. The average molecular weight is 452 g/mol. The Morgan fingerprint density at radius 1 is 0.862 bits per heavy atom. The van der Waals surface area contributed by atoms with Gasteiger partial charge in [-0.05, 0) is 36.4 Å². The Hall–Kier alpha value is -2.40. The van der Waals surface area contributed by atoms with E-state index < -0.39 is 26.0 Å². The molecule has 1 N–H and O–H groups in total. The first kappa shape index (κ1) is 19.9. The molecule has 3 aromatic rings. The molecule has 0 unspecified atom stereocenters. The SMILES string of the molecule is O=S(=O)(NC[C@H]1COc2ccccc2O1)c1ccc(S(=O)(=O)c2ccccc2)s1. The van der Waals surface area contributed by atoms with Crippen LogP contribution in [0.15, 0.2) is 80.0 Å². The molecule has 0 saturated carbocycles. The van der Waals surface area contributed by atoms with Crippen molar-refractivity contribution in [2.45, 2.75) is 19.4 Å². The third kappa shape index (κ3) is 4.15. The van der Waals surface area contributed by atoms with Crippen LogP contribution in [0.2, 0.25) is 0 Å². The molecular weight excluding hydrogens is 434 g/mol. The van der Waals surface area contributed by atoms with Gasteiger partial charge in [-0.2, -0.15) is 0 Å². The molecule has 0 bridgehead atoms. The molecule has 152 valence electrons. The Morgan fingerprint density at radius 3 is 2.28 bits per heavy atom. The largest absolute Gasteiger partial charge is 0.486 e. The van der Waals surface area contributed by atoms with Crippen molar-refractivity contribution in [2.75, 3.05) is 13.2 Å². The van der Waals surface area contributed by atoms with E-state index in [1.165, 1.54) is 24.3 Å². The summed E-state index contributed by atoms with van der Waals surface area (Å²) in [5.74, 6) is 1.16. The number of sulfonamides is 1. The van der Waals surface area contributed by atoms with Crippen LogP contribution < -0.4 is 14.2 Å². The molecule has 0 fully saturated rings. The fraction of sp³-hybridized carbons (Fsp3) is 0.158. The Bertz CT molecular complexity index is 1220. The van der Waals surface area contributed by atoms with E-state index in [9.17, 15) is 16.8 Å². The van der Waals surface area contributed by atoms with E-state index in [2.05, 4.69) is 4.72 Å². The van der Waals surface area contributed by atoms with E-state index >= 15 is 0 Å². The lowest BCUT2D eigenvalue weighted by atomic mass is 10.2. The van der Waals surface area contributed by atoms with Gasteiger partial charge in [-0.3, -0.25) is 0 Å². The highest BCUT2D eigenvalue weighted by atomic mass is 32.3. The molecule has 0 radical (unpaired) electrons. The molecule has 2 heterocycles. The van der Waals surface area contributed by atoms with Gasteiger partial charge < -0.3 is 9.47 Å². The van der Waals surface area contributed by atoms with Gasteiger partial charge in [-0.15, -0.1) is 11.3 Å². The zero-order valence-electron chi connectivity index (χ0n) is 15.0. The molecule has 0 spiro atoms. The fourth-order valence-electron chi connectivity index (χ4n) is 2.75. The predicted octanol–water partition coefficient (Wildman–Crippen LogP) is 2.70. The van der Waals surface area contributed by atoms with Crippen LogP contribution in [-0.2, 0) is 19.9 Å². The average Bonchev–Trinajstić information content (AvgIpc) is 3.25. The highest BCUT2D eigenvalue weighted by molar-refractivity contribution is 7.95. The third-order valence-electron chi connectivity index (χ3n) is 4.21. The van der Waals surface area contributed by atoms with Crippen LogP contribution >= 0.6 is 11.3 Å². The Morgan fingerprint density at radius 2 is 1.52 bits per heavy atom. The number of rotatable bonds is 6. The number of hydrogen-bond donors (Lipinski definition) is 1. The summed E-state index contributed by atoms with van der Waals surface area (Å²) < 4.78 is 64.2. The Balaban J connectivity index is 1.47. The third-order valence-corrected chi connectivity index (χ3v) is 9.47. The number of benzene rings is 2. The van der Waals surface area contributed by atoms with Crippen LogP contribution in [0.5, 0.6) is 11.5 Å². The van der Waals surface area contributed by atoms with Crippen LogP contribution in [0.4, 0.5) is 0 Å². The van der Waals surface area contributed by atoms with E-state index in [4.69, 9.17) is 9.47 Å². The predicted molar refractivity (Wildman–Crippen MR) is 108 cm³/mol. The number of thiophene rings is 1. The van der Waals surface area contributed by atoms with Gasteiger partial charge in [-0.25, -0.2) is 21.6 Å². The van der Waals surface area contributed by atoms with E-state index in [-0.39, 0.29) is 26.5 Å². The summed E-state index contributed by atoms with van der Waals surface area (Å²) in [6.07, 6.45) is -0.493. The zero-order valence-corrected chi connectivity index (χ0v) is 17.5. The number of para-hydroxylation sites is 2. The molecular formula is C19H17NO6S3. The van der Waals surface area contributed by atoms with Gasteiger partial charge in [0.2, 0.25) is 19.9 Å². The van der Waals surface area contributed by atoms with Crippen LogP contribution in [0, 0.1) is 0 Å². The minimum Gasteiger partial charge on any atom is -0.486 e. The van der Waals surface area contributed by atoms with Crippen molar-refractivity contribution in [2.24, 2.45) is 0 Å². The smallest absolute Gasteiger partial charge is 0.250 e. The minimum absolute atomic E-state index is 0.00463. The van der Waals surface area contributed by atoms with E-state index in [0.29, 0.717) is 22.8 Å². The van der Waals surface area contributed by atoms with Crippen molar-refractivity contribution in [3.05, 3.63) is 66.7 Å². The second kappa shape index (κ2) is 7.79. The summed E-state index contributed by atoms with van der Waals surface area (Å²) in [6.45, 7) is 0.201. The van der Waals surface area contributed by atoms with E-state index in [1.54, 1.807) is 36.4 Å². The summed E-state index contributed by atoms with van der Waals surface area (Å²) in [5.41, 5.74) is 0. The van der Waals surface area contributed by atoms with Crippen LogP contribution in [-0.4, -0.2) is 36.1 Å². The number of ether oxygens (including phenoxy) is 2. The molecule has 7 nitrogen and oxygen atoms in total. The van der Waals surface area contributed by atoms with Crippen molar-refractivity contribution >= 4 is 31.2 Å². The summed E-state index contributed by atoms with van der Waals surface area (Å²) in [5, 5.41) is 0. The number of fused-ring (bicyclic) bond motifs is 1. The Kier molecular flexibility index (Phi) is 5.34. The van der Waals surface area contributed by atoms with Crippen LogP contribution in [0.25, 0.3) is 0 Å². The summed E-state index contributed by atoms with van der Waals surface area (Å²) in [7, 11) is -7.66. The maximum Gasteiger partial charge on any atom is 0.250 e. The van der Waals surface area contributed by atoms with Gasteiger partial charge in [-0.1, -0.05) is 30.3 Å². The number of nitrogens with one attached hydrogen (secondary N) is 1. The molecule has 2 aromatic carbocycles. The Labute approximate surface area is 172 Å². The van der Waals surface area contributed by atoms with Gasteiger partial charge in [0.25, 0.3) is 0 Å². The lowest BCUT2D eigenvalue weighted by Crippen LogP contribution is -2.40. The van der Waals surface area contributed by atoms with Crippen molar-refractivity contribution < 1.29 is 26.3 Å². The molecule has 4 rings (SSSR count). The molecule has 0 aliphatic carbocycles. The maximum atomic E-state index is 12.7. The van der Waals surface area contributed by atoms with Gasteiger partial charge in [0.05, 0.1) is 11.4 Å². The first-order valence-electron chi connectivity index (χ1n) is 8.64. The molecule has 1 aliphatic rings. The van der Waals surface area contributed by atoms with Gasteiger partial charge >= 0.3 is 0 Å². The fourth-order valence-corrected chi connectivity index (χ4v) is 7.05. The lowest BCUT2D eigenvalue weighted by Gasteiger charge is -2.26. The first-order valence-corrected chi connectivity index (χ1v) is 12.4. The standard InChI is InChI=1S/C19H17NO6S3/c21-28(22,15-6-2-1-3-7-15)18-10-11-19(27-18)29(23,24)20-12-14-13-25-16-8-4-5-9-17(16)26-14/h1-11,14,20H,12-13H2/t14-/m0/s1. The van der Waals surface area contributed by atoms with Gasteiger partial charge in [0.1, 0.15) is 21.1 Å². The normalized spacial score (nSPS) is 16.5. The van der Waals surface area contributed by atoms with E-state index in [1.807, 2.05) is 6.07 Å². The van der Waals surface area contributed by atoms with Crippen LogP contribution in [0.3, 0.4) is 0 Å². The molecule has 1 aromatic heterocycles. The van der Waals surface area contributed by atoms with Crippen LogP contribution in [0.1, 0.15) is 0 Å². The zero-order chi connectivity index (χ0) is 20.5. The second-order valence-corrected chi connectivity index (χ2v) is 11.5. The van der Waals surface area contributed by atoms with Gasteiger partial charge in [0, 0.05) is 0 Å². The molecule has 10 heteroatoms. The summed E-state index contributed by atoms with van der Waals surface area (Å²) >= 11 is 0.706. The number of sulfone groups is 1. The van der Waals surface area contributed by atoms with Crippen molar-refractivity contribution in [1.82, 2.24) is 4.72 Å². The number of hydrogen-bond acceptors (Lipinski definition) is 7. The second-order valence-electron chi connectivity index (χ2n) is 6.24. The molecule has 0 saturated heterocycles. The quantitative estimate of drug-likeness (QED) is 0.619. The molecule has 0 amide bonds. The highest BCUT2D eigenvalue weighted by Gasteiger charge is 2.26. The summed E-state index contributed by atoms with van der Waals surface area (Å²) in [4.78, 5) is 0.116. The minimum atomic E-state index is -3.89. The lowest BCUT2D eigenvalue weighted by molar-refractivity contribution is 0.0943. The van der Waals surface area contributed by atoms with Crippen molar-refractivity contribution in [1.29, 1.82) is 0 Å². The van der Waals surface area contributed by atoms with Crippen molar-refractivity contribution in [3.63, 3.8) is 0 Å². The molecule has 1 aliphatic heterocycles. The maximum absolute atomic E-state index is 12.7. The molecule has 29 heavy (non-hydrogen) atoms. The molecule has 1 atom stereocenters. The first-order chi connectivity index (χ1) is 13.9. The monoisotopic (exact) mass is 451 g/mol. The van der Waals surface area contributed by atoms with Gasteiger partial charge in [0.15, 0.2) is 11.5 Å².